The van der Waals surface area contributed by atoms with E-state index in [0.717, 1.165) is 0 Å². The molecule has 1 heteroatoms. The van der Waals surface area contributed by atoms with E-state index in [0.29, 0.717) is 5.92 Å². The molecule has 23 heavy (non-hydrogen) atoms. The van der Waals surface area contributed by atoms with E-state index in [2.05, 4.69) is 101 Å². The third-order valence-corrected chi connectivity index (χ3v) is 4.46. The lowest BCUT2D eigenvalue weighted by Gasteiger charge is -2.37. The third kappa shape index (κ3) is 3.25. The lowest BCUT2D eigenvalue weighted by atomic mass is 9.81. The molecule has 1 unspecified atom stereocenters. The maximum atomic E-state index is 3.78. The van der Waals surface area contributed by atoms with Gasteiger partial charge in [-0.3, -0.25) is 0 Å². The quantitative estimate of drug-likeness (QED) is 0.793. The molecular weight excluding hydrogens is 278 g/mol. The number of benzene rings is 2. The van der Waals surface area contributed by atoms with Crippen molar-refractivity contribution in [1.29, 1.82) is 0 Å². The Balaban J connectivity index is 2.05. The van der Waals surface area contributed by atoms with Crippen LogP contribution < -0.4 is 5.32 Å². The van der Waals surface area contributed by atoms with Crippen molar-refractivity contribution >= 4 is 6.08 Å². The molecule has 1 nitrogen and oxygen atoms in total. The first kappa shape index (κ1) is 16.0. The maximum Gasteiger partial charge on any atom is 0.0384 e. The van der Waals surface area contributed by atoms with Gasteiger partial charge in [-0.2, -0.15) is 0 Å². The van der Waals surface area contributed by atoms with Gasteiger partial charge in [-0.25, -0.2) is 0 Å². The molecule has 1 N–H and O–H groups in total. The van der Waals surface area contributed by atoms with Gasteiger partial charge in [0.1, 0.15) is 0 Å². The lowest BCUT2D eigenvalue weighted by Crippen LogP contribution is -2.48. The van der Waals surface area contributed by atoms with Gasteiger partial charge in [-0.05, 0) is 56.9 Å². The highest BCUT2D eigenvalue weighted by molar-refractivity contribution is 5.66. The molecule has 0 fully saturated rings. The van der Waals surface area contributed by atoms with Crippen molar-refractivity contribution in [2.45, 2.75) is 51.6 Å². The molecule has 2 aromatic rings. The summed E-state index contributed by atoms with van der Waals surface area (Å²) in [6, 6.07) is 17.5. The first-order valence-electron chi connectivity index (χ1n) is 8.44. The van der Waals surface area contributed by atoms with Crippen LogP contribution in [0.25, 0.3) is 6.08 Å². The van der Waals surface area contributed by atoms with E-state index in [1.165, 1.54) is 22.3 Å². The Morgan fingerprint density at radius 3 is 2.09 bits per heavy atom. The van der Waals surface area contributed by atoms with Gasteiger partial charge in [0, 0.05) is 17.0 Å². The topological polar surface area (TPSA) is 12.0 Å². The highest BCUT2D eigenvalue weighted by atomic mass is 15.0. The van der Waals surface area contributed by atoms with Crippen LogP contribution in [0, 0.1) is 0 Å². The fraction of sp³-hybridized carbons (Fsp3) is 0.364. The van der Waals surface area contributed by atoms with E-state index in [1.807, 2.05) is 0 Å². The van der Waals surface area contributed by atoms with Crippen LogP contribution >= 0.6 is 0 Å². The van der Waals surface area contributed by atoms with Gasteiger partial charge in [0.25, 0.3) is 0 Å². The minimum atomic E-state index is -0.0831. The fourth-order valence-electron chi connectivity index (χ4n) is 3.86. The smallest absolute Gasteiger partial charge is 0.0384 e. The zero-order valence-corrected chi connectivity index (χ0v) is 14.9. The second kappa shape index (κ2) is 5.65. The van der Waals surface area contributed by atoms with Crippen LogP contribution in [0.5, 0.6) is 0 Å². The number of allylic oxidation sites excluding steroid dienone is 1. The average Bonchev–Trinajstić information content (AvgIpc) is 2.88. The molecule has 0 amide bonds. The minimum Gasteiger partial charge on any atom is -0.303 e. The van der Waals surface area contributed by atoms with E-state index in [1.54, 1.807) is 0 Å². The van der Waals surface area contributed by atoms with Gasteiger partial charge in [0.2, 0.25) is 0 Å². The number of hydrogen-bond acceptors (Lipinski definition) is 1. The summed E-state index contributed by atoms with van der Waals surface area (Å²) in [7, 11) is 0. The Kier molecular flexibility index (Phi) is 3.93. The van der Waals surface area contributed by atoms with E-state index < -0.39 is 0 Å². The van der Waals surface area contributed by atoms with Crippen LogP contribution in [0.4, 0.5) is 0 Å². The van der Waals surface area contributed by atoms with Crippen molar-refractivity contribution in [2.75, 3.05) is 0 Å². The van der Waals surface area contributed by atoms with Crippen molar-refractivity contribution in [3.05, 3.63) is 76.9 Å². The summed E-state index contributed by atoms with van der Waals surface area (Å²) < 4.78 is 0. The first-order valence-corrected chi connectivity index (χ1v) is 8.44. The molecule has 2 aromatic carbocycles. The summed E-state index contributed by atoms with van der Waals surface area (Å²) in [4.78, 5) is 0. The number of fused-ring (bicyclic) bond motifs is 1. The van der Waals surface area contributed by atoms with Gasteiger partial charge in [-0.1, -0.05) is 60.7 Å². The number of hydrogen-bond donors (Lipinski definition) is 1. The number of nitrogens with one attached hydrogen (secondary N) is 1. The summed E-state index contributed by atoms with van der Waals surface area (Å²) >= 11 is 0. The van der Waals surface area contributed by atoms with Crippen molar-refractivity contribution in [3.8, 4) is 0 Å². The molecule has 0 aromatic heterocycles. The molecule has 1 aliphatic carbocycles. The van der Waals surface area contributed by atoms with Gasteiger partial charge in [0.15, 0.2) is 0 Å². The van der Waals surface area contributed by atoms with Crippen LogP contribution in [-0.2, 0) is 5.54 Å². The van der Waals surface area contributed by atoms with Gasteiger partial charge in [-0.15, -0.1) is 0 Å². The summed E-state index contributed by atoms with van der Waals surface area (Å²) in [6.45, 7) is 11.2. The van der Waals surface area contributed by atoms with E-state index in [-0.39, 0.29) is 11.1 Å². The number of rotatable bonds is 3. The lowest BCUT2D eigenvalue weighted by molar-refractivity contribution is 0.285. The van der Waals surface area contributed by atoms with Gasteiger partial charge in [0.05, 0.1) is 0 Å². The van der Waals surface area contributed by atoms with Crippen LogP contribution in [0.3, 0.4) is 0 Å². The predicted molar refractivity (Wildman–Crippen MR) is 99.7 cm³/mol. The van der Waals surface area contributed by atoms with Crippen LogP contribution in [0.15, 0.2) is 54.6 Å². The summed E-state index contributed by atoms with van der Waals surface area (Å²) in [5, 5.41) is 3.78. The summed E-state index contributed by atoms with van der Waals surface area (Å²) in [6.07, 6.45) is 4.58. The first-order chi connectivity index (χ1) is 10.8. The standard InChI is InChI=1S/C22H27N/c1-21(2,3)23-22(4,5)20-13-9-8-12-19(20)18-15-14-16-10-6-7-11-17(16)18/h6-15,18,23H,1-5H3. The van der Waals surface area contributed by atoms with Gasteiger partial charge < -0.3 is 5.32 Å². The third-order valence-electron chi connectivity index (χ3n) is 4.46. The summed E-state index contributed by atoms with van der Waals surface area (Å²) in [5.41, 5.74) is 5.51. The molecule has 1 aliphatic rings. The van der Waals surface area contributed by atoms with E-state index in [4.69, 9.17) is 0 Å². The maximum absolute atomic E-state index is 3.78. The van der Waals surface area contributed by atoms with Crippen molar-refractivity contribution < 1.29 is 0 Å². The molecule has 0 saturated heterocycles. The summed E-state index contributed by atoms with van der Waals surface area (Å²) in [5.74, 6) is 0.350. The van der Waals surface area contributed by atoms with Crippen molar-refractivity contribution in [3.63, 3.8) is 0 Å². The molecular formula is C22H27N. The van der Waals surface area contributed by atoms with Crippen LogP contribution in [0.2, 0.25) is 0 Å². The van der Waals surface area contributed by atoms with E-state index in [9.17, 15) is 0 Å². The molecule has 0 saturated carbocycles. The van der Waals surface area contributed by atoms with Crippen molar-refractivity contribution in [1.82, 2.24) is 5.32 Å². The Morgan fingerprint density at radius 2 is 1.39 bits per heavy atom. The van der Waals surface area contributed by atoms with Crippen LogP contribution in [0.1, 0.15) is 62.8 Å². The van der Waals surface area contributed by atoms with Crippen molar-refractivity contribution in [2.24, 2.45) is 0 Å². The molecule has 0 aliphatic heterocycles. The Labute approximate surface area is 140 Å². The van der Waals surface area contributed by atoms with Crippen LogP contribution in [-0.4, -0.2) is 5.54 Å². The molecule has 1 atom stereocenters. The highest BCUT2D eigenvalue weighted by Gasteiger charge is 2.30. The zero-order chi connectivity index (χ0) is 16.7. The predicted octanol–water partition coefficient (Wildman–Crippen LogP) is 5.47. The largest absolute Gasteiger partial charge is 0.303 e. The molecule has 3 rings (SSSR count). The zero-order valence-electron chi connectivity index (χ0n) is 14.9. The monoisotopic (exact) mass is 305 g/mol. The molecule has 0 spiro atoms. The molecule has 120 valence electrons. The SMILES string of the molecule is CC(C)(C)NC(C)(C)c1ccccc1C1C=Cc2ccccc21. The normalized spacial score (nSPS) is 17.3. The second-order valence-electron chi connectivity index (χ2n) is 8.05. The fourth-order valence-corrected chi connectivity index (χ4v) is 3.86. The Morgan fingerprint density at radius 1 is 0.783 bits per heavy atom. The molecule has 0 bridgehead atoms. The Hall–Kier alpha value is -1.86. The molecule has 0 radical (unpaired) electrons. The second-order valence-corrected chi connectivity index (χ2v) is 8.05. The van der Waals surface area contributed by atoms with Gasteiger partial charge >= 0.3 is 0 Å². The average molecular weight is 305 g/mol. The minimum absolute atomic E-state index is 0.0695. The highest BCUT2D eigenvalue weighted by Crippen LogP contribution is 2.39. The Bertz CT molecular complexity index is 732. The molecule has 0 heterocycles. The van der Waals surface area contributed by atoms with E-state index >= 15 is 0 Å².